The highest BCUT2D eigenvalue weighted by molar-refractivity contribution is 5.89. The number of hydrogen-bond donors (Lipinski definition) is 1. The lowest BCUT2D eigenvalue weighted by Gasteiger charge is -2.12. The molecule has 9 nitrogen and oxygen atoms in total. The van der Waals surface area contributed by atoms with Gasteiger partial charge in [-0.2, -0.15) is 0 Å². The van der Waals surface area contributed by atoms with E-state index < -0.39 is 5.82 Å². The molecule has 0 spiro atoms. The summed E-state index contributed by atoms with van der Waals surface area (Å²) in [6.45, 7) is 0. The third-order valence-corrected chi connectivity index (χ3v) is 5.56. The third-order valence-electron chi connectivity index (χ3n) is 5.56. The number of pyridine rings is 1. The first kappa shape index (κ1) is 22.1. The number of imidazole rings is 1. The minimum Gasteiger partial charge on any atom is -0.494 e. The highest BCUT2D eigenvalue weighted by atomic mass is 19.1. The Hall–Kier alpha value is -4.73. The van der Waals surface area contributed by atoms with Gasteiger partial charge in [-0.25, -0.2) is 14.2 Å². The molecule has 0 fully saturated rings. The van der Waals surface area contributed by atoms with Crippen LogP contribution < -0.4 is 10.1 Å². The summed E-state index contributed by atoms with van der Waals surface area (Å²) in [7, 11) is 4.80. The van der Waals surface area contributed by atoms with Crippen LogP contribution in [-0.2, 0) is 0 Å². The summed E-state index contributed by atoms with van der Waals surface area (Å²) < 4.78 is 22.8. The predicted octanol–water partition coefficient (Wildman–Crippen LogP) is 4.49. The number of hydrogen-bond acceptors (Lipinski definition) is 5. The van der Waals surface area contributed by atoms with E-state index in [9.17, 15) is 9.18 Å². The van der Waals surface area contributed by atoms with Gasteiger partial charge in [-0.05, 0) is 36.4 Å². The molecule has 0 bridgehead atoms. The van der Waals surface area contributed by atoms with Gasteiger partial charge in [0.05, 0.1) is 24.7 Å². The highest BCUT2D eigenvalue weighted by Gasteiger charge is 2.14. The quantitative estimate of drug-likeness (QED) is 0.408. The van der Waals surface area contributed by atoms with Crippen molar-refractivity contribution in [2.24, 2.45) is 0 Å². The van der Waals surface area contributed by atoms with Crippen molar-refractivity contribution >= 4 is 17.4 Å². The van der Waals surface area contributed by atoms with Gasteiger partial charge < -0.3 is 15.0 Å². The maximum Gasteiger partial charge on any atom is 0.321 e. The van der Waals surface area contributed by atoms with Gasteiger partial charge in [0.1, 0.15) is 12.0 Å². The molecule has 0 unspecified atom stereocenters. The van der Waals surface area contributed by atoms with E-state index in [4.69, 9.17) is 4.74 Å². The van der Waals surface area contributed by atoms with Gasteiger partial charge in [-0.15, -0.1) is 10.2 Å². The molecule has 0 radical (unpaired) electrons. The summed E-state index contributed by atoms with van der Waals surface area (Å²) in [5.41, 5.74) is 4.74. The number of nitrogens with zero attached hydrogens (tertiary/aromatic N) is 6. The zero-order valence-electron chi connectivity index (χ0n) is 19.3. The normalized spacial score (nSPS) is 11.0. The number of ether oxygens (including phenoxy) is 1. The molecule has 2 aromatic carbocycles. The number of benzene rings is 2. The van der Waals surface area contributed by atoms with Crippen LogP contribution in [0.1, 0.15) is 0 Å². The van der Waals surface area contributed by atoms with Crippen molar-refractivity contribution in [3.63, 3.8) is 0 Å². The van der Waals surface area contributed by atoms with Crippen LogP contribution in [-0.4, -0.2) is 56.3 Å². The fraction of sp³-hybridized carbons (Fsp3) is 0.120. The number of nitrogens with one attached hydrogen (secondary N) is 1. The zero-order valence-corrected chi connectivity index (χ0v) is 19.3. The number of carbonyl (C=O) groups excluding carboxylic acids is 1. The first-order valence-electron chi connectivity index (χ1n) is 10.7. The summed E-state index contributed by atoms with van der Waals surface area (Å²) in [4.78, 5) is 17.9. The van der Waals surface area contributed by atoms with Crippen LogP contribution in [0.5, 0.6) is 5.75 Å². The number of halogens is 1. The maximum atomic E-state index is 13.9. The lowest BCUT2D eigenvalue weighted by molar-refractivity contribution is 0.230. The van der Waals surface area contributed by atoms with E-state index in [0.29, 0.717) is 17.2 Å². The molecular weight excluding hydrogens is 449 g/mol. The van der Waals surface area contributed by atoms with E-state index in [2.05, 4.69) is 20.5 Å². The fourth-order valence-corrected chi connectivity index (χ4v) is 3.71. The topological polar surface area (TPSA) is 89.6 Å². The number of aromatic nitrogens is 5. The van der Waals surface area contributed by atoms with E-state index in [-0.39, 0.29) is 11.8 Å². The Morgan fingerprint density at radius 1 is 1.06 bits per heavy atom. The lowest BCUT2D eigenvalue weighted by Crippen LogP contribution is -2.27. The van der Waals surface area contributed by atoms with Gasteiger partial charge in [0.15, 0.2) is 17.4 Å². The van der Waals surface area contributed by atoms with Gasteiger partial charge >= 0.3 is 6.03 Å². The van der Waals surface area contributed by atoms with E-state index >= 15 is 0 Å². The van der Waals surface area contributed by atoms with Gasteiger partial charge in [-0.3, -0.25) is 8.97 Å². The molecule has 0 atom stereocenters. The number of fused-ring (bicyclic) bond motifs is 1. The van der Waals surface area contributed by atoms with Crippen LogP contribution in [0.2, 0.25) is 0 Å². The number of anilines is 1. The maximum absolute atomic E-state index is 13.9. The van der Waals surface area contributed by atoms with Crippen LogP contribution in [0.4, 0.5) is 14.9 Å². The Labute approximate surface area is 200 Å². The Morgan fingerprint density at radius 3 is 2.57 bits per heavy atom. The Bertz CT molecular complexity index is 1520. The van der Waals surface area contributed by atoms with E-state index in [1.165, 1.54) is 18.1 Å². The van der Waals surface area contributed by atoms with Crippen LogP contribution in [0.3, 0.4) is 0 Å². The molecule has 10 heteroatoms. The largest absolute Gasteiger partial charge is 0.494 e. The van der Waals surface area contributed by atoms with Crippen molar-refractivity contribution in [2.45, 2.75) is 0 Å². The standard InChI is InChI=1S/C25H22FN7O2/c1-31(2)25(34)29-18-7-4-16(5-8-18)21-13-27-23-11-6-17(14-32(21)23)24-30-28-15-33(24)19-9-10-20(26)22(12-19)35-3/h4-15H,1-3H3,(H,29,34). The van der Waals surface area contributed by atoms with Crippen molar-refractivity contribution in [1.82, 2.24) is 29.0 Å². The molecule has 0 saturated heterocycles. The van der Waals surface area contributed by atoms with Crippen molar-refractivity contribution < 1.29 is 13.9 Å². The first-order chi connectivity index (χ1) is 16.9. The second kappa shape index (κ2) is 8.90. The van der Waals surface area contributed by atoms with E-state index in [1.54, 1.807) is 43.3 Å². The molecule has 176 valence electrons. The predicted molar refractivity (Wildman–Crippen MR) is 130 cm³/mol. The second-order valence-electron chi connectivity index (χ2n) is 8.03. The van der Waals surface area contributed by atoms with E-state index in [0.717, 1.165) is 22.5 Å². The SMILES string of the molecule is COc1cc(-n2cnnc2-c2ccc3ncc(-c4ccc(NC(=O)N(C)C)cc4)n3c2)ccc1F. The lowest BCUT2D eigenvalue weighted by atomic mass is 10.1. The van der Waals surface area contributed by atoms with Gasteiger partial charge in [-0.1, -0.05) is 12.1 Å². The summed E-state index contributed by atoms with van der Waals surface area (Å²) in [5, 5.41) is 11.2. The smallest absolute Gasteiger partial charge is 0.321 e. The molecule has 0 aliphatic carbocycles. The van der Waals surface area contributed by atoms with Gasteiger partial charge in [0.25, 0.3) is 0 Å². The Kier molecular flexibility index (Phi) is 5.61. The summed E-state index contributed by atoms with van der Waals surface area (Å²) >= 11 is 0. The summed E-state index contributed by atoms with van der Waals surface area (Å²) in [6, 6.07) is 15.7. The molecule has 5 aromatic rings. The average molecular weight is 471 g/mol. The number of rotatable bonds is 5. The van der Waals surface area contributed by atoms with Crippen LogP contribution in [0.15, 0.2) is 73.3 Å². The van der Waals surface area contributed by atoms with Crippen molar-refractivity contribution in [1.29, 1.82) is 0 Å². The molecule has 0 aliphatic rings. The number of methoxy groups -OCH3 is 1. The Morgan fingerprint density at radius 2 is 1.83 bits per heavy atom. The summed E-state index contributed by atoms with van der Waals surface area (Å²) in [6.07, 6.45) is 5.30. The number of carbonyl (C=O) groups is 1. The van der Waals surface area contributed by atoms with Crippen LogP contribution >= 0.6 is 0 Å². The average Bonchev–Trinajstić information content (AvgIpc) is 3.52. The van der Waals surface area contributed by atoms with E-state index in [1.807, 2.05) is 47.0 Å². The van der Waals surface area contributed by atoms with Crippen molar-refractivity contribution in [3.8, 4) is 34.1 Å². The van der Waals surface area contributed by atoms with Crippen LogP contribution in [0.25, 0.3) is 34.0 Å². The number of urea groups is 1. The van der Waals surface area contributed by atoms with Crippen LogP contribution in [0, 0.1) is 5.82 Å². The molecule has 35 heavy (non-hydrogen) atoms. The minimum atomic E-state index is -0.442. The van der Waals surface area contributed by atoms with Crippen molar-refractivity contribution in [2.75, 3.05) is 26.5 Å². The Balaban J connectivity index is 1.51. The third kappa shape index (κ3) is 4.17. The summed E-state index contributed by atoms with van der Waals surface area (Å²) in [5.74, 6) is 0.282. The monoisotopic (exact) mass is 471 g/mol. The van der Waals surface area contributed by atoms with Gasteiger partial charge in [0.2, 0.25) is 0 Å². The number of amides is 2. The highest BCUT2D eigenvalue weighted by Crippen LogP contribution is 2.28. The molecule has 2 amide bonds. The molecule has 1 N–H and O–H groups in total. The minimum absolute atomic E-state index is 0.139. The first-order valence-corrected chi connectivity index (χ1v) is 10.7. The molecule has 0 saturated carbocycles. The molecule has 3 heterocycles. The fourth-order valence-electron chi connectivity index (χ4n) is 3.71. The second-order valence-corrected chi connectivity index (χ2v) is 8.03. The molecule has 5 rings (SSSR count). The van der Waals surface area contributed by atoms with Crippen molar-refractivity contribution in [3.05, 3.63) is 79.1 Å². The molecular formula is C25H22FN7O2. The molecule has 3 aromatic heterocycles. The van der Waals surface area contributed by atoms with Gasteiger partial charge in [0, 0.05) is 43.2 Å². The zero-order chi connectivity index (χ0) is 24.5. The molecule has 0 aliphatic heterocycles.